The number of nitrogens with zero attached hydrogens (tertiary/aromatic N) is 4. The molecular weight excluding hydrogens is 1360 g/mol. The number of amides is 1. The summed E-state index contributed by atoms with van der Waals surface area (Å²) in [5, 5.41) is 12.4. The number of phenols is 1. The first kappa shape index (κ1) is 81.3. The number of hydrogen-bond acceptors (Lipinski definition) is 18. The molecule has 2 unspecified atom stereocenters. The molecule has 19 nitrogen and oxygen atoms in total. The molecule has 2 aliphatic rings. The minimum atomic E-state index is -0.574. The predicted molar refractivity (Wildman–Crippen MR) is 419 cm³/mol. The number of likely N-dealkylation sites (N-methyl/N-ethyl adjacent to an activating group) is 2. The van der Waals surface area contributed by atoms with Crippen molar-refractivity contribution in [1.29, 1.82) is 0 Å². The van der Waals surface area contributed by atoms with E-state index in [1.54, 1.807) is 109 Å². The van der Waals surface area contributed by atoms with Crippen molar-refractivity contribution in [3.05, 3.63) is 323 Å². The second-order valence-corrected chi connectivity index (χ2v) is 26.2. The zero-order chi connectivity index (χ0) is 76.8. The normalized spacial score (nSPS) is 15.1. The fraction of sp³-hybridized carbons (Fsp3) is 0.247. The van der Waals surface area contributed by atoms with E-state index in [0.717, 1.165) is 61.2 Å². The number of carbonyl (C=O) groups excluding carboxylic acids is 7. The number of likely N-dealkylation sites (tertiary alicyclic amines) is 2. The summed E-state index contributed by atoms with van der Waals surface area (Å²) < 4.78 is 26.5. The van der Waals surface area contributed by atoms with Gasteiger partial charge in [-0.05, 0) is 220 Å². The SMILES string of the molecule is CCC1(c2cccc(O)c2)CCCCN(C)C1.CCC1(c2cccc(OC(=O)Nc3ccc(C(=O)OCc4ccccc4)cc3)c2)CCCCN(C)C1.Nc1ccc(C(=O)OCc2ccccc2)cc1.O=C=Nc1ccc(C(=O)OCc2ccccc2)cc1.O=C=Nc1ccc(C(=O)OCc2ccccc2)cc1. The van der Waals surface area contributed by atoms with Gasteiger partial charge in [0.25, 0.3) is 0 Å². The fourth-order valence-corrected chi connectivity index (χ4v) is 12.5. The number of aliphatic imine (C=N–C) groups is 2. The average Bonchev–Trinajstić information content (AvgIpc) is 1.31. The van der Waals surface area contributed by atoms with Crippen LogP contribution in [-0.2, 0) is 65.8 Å². The number of aromatic hydroxyl groups is 1. The molecule has 10 aromatic carbocycles. The van der Waals surface area contributed by atoms with Gasteiger partial charge in [-0.3, -0.25) is 5.32 Å². The van der Waals surface area contributed by atoms with Gasteiger partial charge >= 0.3 is 30.0 Å². The molecule has 556 valence electrons. The Morgan fingerprint density at radius 1 is 0.435 bits per heavy atom. The Hall–Kier alpha value is -12.4. The first-order chi connectivity index (χ1) is 52.5. The lowest BCUT2D eigenvalue weighted by Crippen LogP contribution is -2.37. The third-order valence-electron chi connectivity index (χ3n) is 18.4. The Labute approximate surface area is 631 Å². The summed E-state index contributed by atoms with van der Waals surface area (Å²) in [5.41, 5.74) is 15.9. The van der Waals surface area contributed by atoms with Crippen LogP contribution in [0.2, 0.25) is 0 Å². The van der Waals surface area contributed by atoms with Crippen molar-refractivity contribution >= 4 is 64.9 Å². The number of benzene rings is 10. The maximum atomic E-state index is 12.6. The Morgan fingerprint density at radius 2 is 0.778 bits per heavy atom. The van der Waals surface area contributed by atoms with Gasteiger partial charge in [0.15, 0.2) is 0 Å². The summed E-state index contributed by atoms with van der Waals surface area (Å²) in [7, 11) is 4.39. The molecule has 108 heavy (non-hydrogen) atoms. The van der Waals surface area contributed by atoms with Gasteiger partial charge < -0.3 is 44.3 Å². The number of ether oxygens (including phenoxy) is 5. The van der Waals surface area contributed by atoms with Gasteiger partial charge in [-0.1, -0.05) is 172 Å². The van der Waals surface area contributed by atoms with E-state index >= 15 is 0 Å². The van der Waals surface area contributed by atoms with Crippen molar-refractivity contribution in [3.63, 3.8) is 0 Å². The van der Waals surface area contributed by atoms with Crippen molar-refractivity contribution in [2.75, 3.05) is 51.3 Å². The summed E-state index contributed by atoms with van der Waals surface area (Å²) in [4.78, 5) is 91.9. The molecule has 1 amide bonds. The van der Waals surface area contributed by atoms with Gasteiger partial charge in [0, 0.05) is 35.3 Å². The van der Waals surface area contributed by atoms with Gasteiger partial charge in [-0.2, -0.15) is 9.98 Å². The van der Waals surface area contributed by atoms with E-state index in [1.165, 1.54) is 61.9 Å². The molecule has 10 aromatic rings. The highest BCUT2D eigenvalue weighted by atomic mass is 16.6. The number of phenolic OH excluding ortho intramolecular Hbond substituents is 1. The molecule has 2 saturated heterocycles. The van der Waals surface area contributed by atoms with E-state index in [4.69, 9.17) is 29.4 Å². The number of nitrogen functional groups attached to an aromatic ring is 1. The van der Waals surface area contributed by atoms with Crippen LogP contribution < -0.4 is 15.8 Å². The van der Waals surface area contributed by atoms with E-state index in [0.29, 0.717) is 56.5 Å². The lowest BCUT2D eigenvalue weighted by Gasteiger charge is -2.35. The van der Waals surface area contributed by atoms with Gasteiger partial charge in [0.1, 0.15) is 37.9 Å². The van der Waals surface area contributed by atoms with Crippen LogP contribution in [-0.4, -0.2) is 97.3 Å². The van der Waals surface area contributed by atoms with Crippen LogP contribution in [0.1, 0.15) is 140 Å². The van der Waals surface area contributed by atoms with Crippen molar-refractivity contribution < 1.29 is 62.4 Å². The van der Waals surface area contributed by atoms with Crippen LogP contribution in [0, 0.1) is 0 Å². The Kier molecular flexibility index (Phi) is 32.5. The second-order valence-electron chi connectivity index (χ2n) is 26.2. The molecule has 0 bridgehead atoms. The first-order valence-corrected chi connectivity index (χ1v) is 35.9. The molecule has 12 rings (SSSR count). The van der Waals surface area contributed by atoms with Crippen molar-refractivity contribution in [3.8, 4) is 11.5 Å². The highest BCUT2D eigenvalue weighted by Gasteiger charge is 2.35. The van der Waals surface area contributed by atoms with Crippen molar-refractivity contribution in [1.82, 2.24) is 9.80 Å². The lowest BCUT2D eigenvalue weighted by atomic mass is 9.74. The van der Waals surface area contributed by atoms with E-state index in [-0.39, 0.29) is 43.2 Å². The number of nitrogens with two attached hydrogens (primary N) is 1. The van der Waals surface area contributed by atoms with Crippen LogP contribution in [0.3, 0.4) is 0 Å². The minimum Gasteiger partial charge on any atom is -0.508 e. The highest BCUT2D eigenvalue weighted by molar-refractivity contribution is 5.92. The first-order valence-electron chi connectivity index (χ1n) is 35.9. The Bertz CT molecular complexity index is 4430. The molecule has 2 heterocycles. The molecule has 4 N–H and O–H groups in total. The number of hydrogen-bond donors (Lipinski definition) is 3. The zero-order valence-electron chi connectivity index (χ0n) is 61.4. The number of carbonyl (C=O) groups is 5. The summed E-state index contributed by atoms with van der Waals surface area (Å²) in [6, 6.07) is 79.4. The molecule has 2 atom stereocenters. The number of anilines is 2. The second kappa shape index (κ2) is 43.2. The van der Waals surface area contributed by atoms with Crippen LogP contribution >= 0.6 is 0 Å². The van der Waals surface area contributed by atoms with Crippen molar-refractivity contribution in [2.24, 2.45) is 9.98 Å². The van der Waals surface area contributed by atoms with E-state index < -0.39 is 24.0 Å². The summed E-state index contributed by atoms with van der Waals surface area (Å²) >= 11 is 0. The predicted octanol–water partition coefficient (Wildman–Crippen LogP) is 18.2. The molecule has 19 heteroatoms. The molecule has 0 aromatic heterocycles. The number of nitrogens with one attached hydrogen (secondary N) is 1. The number of isocyanates is 2. The number of esters is 4. The molecule has 2 fully saturated rings. The van der Waals surface area contributed by atoms with Crippen LogP contribution in [0.4, 0.5) is 27.5 Å². The minimum absolute atomic E-state index is 0.0616. The third-order valence-corrected chi connectivity index (χ3v) is 18.4. The third kappa shape index (κ3) is 26.6. The quantitative estimate of drug-likeness (QED) is 0.0211. The van der Waals surface area contributed by atoms with Crippen molar-refractivity contribution in [2.45, 2.75) is 102 Å². The molecular formula is C89H92N6O13. The van der Waals surface area contributed by atoms with Crippen LogP contribution in [0.25, 0.3) is 0 Å². The molecule has 0 saturated carbocycles. The van der Waals surface area contributed by atoms with Gasteiger partial charge in [0.05, 0.1) is 33.6 Å². The van der Waals surface area contributed by atoms with Gasteiger partial charge in [-0.25, -0.2) is 33.6 Å². The van der Waals surface area contributed by atoms with E-state index in [2.05, 4.69) is 65.2 Å². The topological polar surface area (TPSA) is 255 Å². The van der Waals surface area contributed by atoms with E-state index in [1.807, 2.05) is 146 Å². The standard InChI is InChI=1S/C30H34N2O4.2C15H11NO3.C15H23NO.C14H13NO2/c1-3-30(18-7-8-19-32(2)22-30)25-12-9-13-27(20-25)36-29(34)31-26-16-14-24(15-17-26)28(33)35-21-23-10-5-4-6-11-23;2*17-11-16-14-8-6-13(7-9-14)15(18)19-10-12-4-2-1-3-5-12;1-3-15(9-4-5-10-16(2)12-15)13-7-6-8-14(17)11-13;15-13-8-6-12(7-9-13)14(16)17-10-11-4-2-1-3-5-11/h4-6,9-17,20H,3,7-8,18-19,21-22H2,1-2H3,(H,31,34);2*1-9H,10H2;6-8,11,17H,3-5,9-10,12H2,1-2H3;1-9H,10,15H2. The van der Waals surface area contributed by atoms with Gasteiger partial charge in [-0.15, -0.1) is 0 Å². The lowest BCUT2D eigenvalue weighted by molar-refractivity contribution is 0.0464. The molecule has 2 aliphatic heterocycles. The summed E-state index contributed by atoms with van der Waals surface area (Å²) in [6.07, 6.45) is 11.8. The Morgan fingerprint density at radius 3 is 1.13 bits per heavy atom. The number of rotatable bonds is 20. The molecule has 0 aliphatic carbocycles. The molecule has 0 spiro atoms. The largest absolute Gasteiger partial charge is 0.508 e. The monoisotopic (exact) mass is 1450 g/mol. The highest BCUT2D eigenvalue weighted by Crippen LogP contribution is 2.39. The van der Waals surface area contributed by atoms with Crippen LogP contribution in [0.15, 0.2) is 277 Å². The van der Waals surface area contributed by atoms with Gasteiger partial charge in [0.2, 0.25) is 12.2 Å². The molecule has 0 radical (unpaired) electrons. The fourth-order valence-electron chi connectivity index (χ4n) is 12.5. The maximum Gasteiger partial charge on any atom is 0.417 e. The smallest absolute Gasteiger partial charge is 0.417 e. The summed E-state index contributed by atoms with van der Waals surface area (Å²) in [6.45, 7) is 9.87. The van der Waals surface area contributed by atoms with Crippen LogP contribution in [0.5, 0.6) is 11.5 Å². The Balaban J connectivity index is 0.000000177. The maximum absolute atomic E-state index is 12.6. The zero-order valence-corrected chi connectivity index (χ0v) is 61.4. The van der Waals surface area contributed by atoms with E-state index in [9.17, 15) is 38.7 Å². The summed E-state index contributed by atoms with van der Waals surface area (Å²) in [5.74, 6) is -0.670. The average molecular weight is 1450 g/mol.